The summed E-state index contributed by atoms with van der Waals surface area (Å²) in [4.78, 5) is 38.0. The van der Waals surface area contributed by atoms with Crippen molar-refractivity contribution < 1.29 is 23.5 Å². The van der Waals surface area contributed by atoms with Crippen molar-refractivity contribution >= 4 is 29.2 Å². The Kier molecular flexibility index (Phi) is 4.49. The van der Waals surface area contributed by atoms with Gasteiger partial charge in [-0.25, -0.2) is 9.18 Å². The number of fused-ring (bicyclic) bond motifs is 1. The SMILES string of the molecule is CC(=O)NC[C@H]1CN(c2ccc(N3CC4CC(=O)CC4C3)c(F)c2)C(=O)O1. The summed E-state index contributed by atoms with van der Waals surface area (Å²) >= 11 is 0. The molecule has 8 heteroatoms. The lowest BCUT2D eigenvalue weighted by molar-refractivity contribution is -0.119. The zero-order valence-corrected chi connectivity index (χ0v) is 15.1. The Morgan fingerprint density at radius 1 is 1.22 bits per heavy atom. The van der Waals surface area contributed by atoms with Gasteiger partial charge in [0.05, 0.1) is 24.5 Å². The van der Waals surface area contributed by atoms with Crippen LogP contribution in [0.3, 0.4) is 0 Å². The van der Waals surface area contributed by atoms with Gasteiger partial charge in [-0.05, 0) is 30.0 Å². The molecule has 0 bridgehead atoms. The van der Waals surface area contributed by atoms with Gasteiger partial charge in [-0.3, -0.25) is 14.5 Å². The maximum absolute atomic E-state index is 14.7. The minimum atomic E-state index is -0.549. The second kappa shape index (κ2) is 6.83. The number of hydrogen-bond donors (Lipinski definition) is 1. The molecule has 0 aromatic heterocycles. The monoisotopic (exact) mass is 375 g/mol. The Labute approximate surface area is 156 Å². The van der Waals surface area contributed by atoms with Crippen LogP contribution in [0.25, 0.3) is 0 Å². The lowest BCUT2D eigenvalue weighted by atomic mass is 10.0. The van der Waals surface area contributed by atoms with Gasteiger partial charge in [0.1, 0.15) is 17.7 Å². The number of Topliss-reactive ketones (excluding diaryl/α,β-unsaturated/α-hetero) is 1. The molecule has 27 heavy (non-hydrogen) atoms. The number of ketones is 1. The van der Waals surface area contributed by atoms with E-state index in [-0.39, 0.29) is 19.0 Å². The quantitative estimate of drug-likeness (QED) is 0.867. The van der Waals surface area contributed by atoms with Crippen LogP contribution < -0.4 is 15.1 Å². The van der Waals surface area contributed by atoms with Crippen molar-refractivity contribution in [2.75, 3.05) is 36.0 Å². The Hall–Kier alpha value is -2.64. The Balaban J connectivity index is 1.44. The molecule has 3 atom stereocenters. The molecule has 144 valence electrons. The van der Waals surface area contributed by atoms with E-state index in [4.69, 9.17) is 4.74 Å². The summed E-state index contributed by atoms with van der Waals surface area (Å²) in [5.41, 5.74) is 0.934. The van der Waals surface area contributed by atoms with Gasteiger partial charge >= 0.3 is 6.09 Å². The molecule has 0 radical (unpaired) electrons. The summed E-state index contributed by atoms with van der Waals surface area (Å²) in [5, 5.41) is 2.61. The Morgan fingerprint density at radius 3 is 2.56 bits per heavy atom. The number of carbonyl (C=O) groups excluding carboxylic acids is 3. The second-order valence-corrected chi connectivity index (χ2v) is 7.56. The summed E-state index contributed by atoms with van der Waals surface area (Å²) < 4.78 is 20.0. The molecule has 0 spiro atoms. The lowest BCUT2D eigenvalue weighted by Gasteiger charge is -2.22. The fraction of sp³-hybridized carbons (Fsp3) is 0.526. The molecule has 2 saturated heterocycles. The summed E-state index contributed by atoms with van der Waals surface area (Å²) in [6.07, 6.45) is 0.179. The number of cyclic esters (lactones) is 1. The first-order valence-electron chi connectivity index (χ1n) is 9.19. The van der Waals surface area contributed by atoms with E-state index in [1.165, 1.54) is 17.9 Å². The maximum atomic E-state index is 14.7. The van der Waals surface area contributed by atoms with Crippen molar-refractivity contribution in [1.29, 1.82) is 0 Å². The largest absolute Gasteiger partial charge is 0.442 e. The van der Waals surface area contributed by atoms with E-state index >= 15 is 0 Å². The molecule has 2 amide bonds. The first-order valence-corrected chi connectivity index (χ1v) is 9.19. The average Bonchev–Trinajstić information content (AvgIpc) is 3.25. The number of nitrogens with one attached hydrogen (secondary N) is 1. The predicted octanol–water partition coefficient (Wildman–Crippen LogP) is 1.70. The summed E-state index contributed by atoms with van der Waals surface area (Å²) in [6, 6.07) is 4.73. The summed E-state index contributed by atoms with van der Waals surface area (Å²) in [6.45, 7) is 3.26. The molecule has 2 aliphatic heterocycles. The van der Waals surface area contributed by atoms with Crippen molar-refractivity contribution in [3.8, 4) is 0 Å². The number of ether oxygens (including phenoxy) is 1. The molecule has 2 unspecified atom stereocenters. The van der Waals surface area contributed by atoms with E-state index in [0.29, 0.717) is 54.9 Å². The number of rotatable bonds is 4. The molecule has 1 aromatic carbocycles. The second-order valence-electron chi connectivity index (χ2n) is 7.56. The van der Waals surface area contributed by atoms with Crippen LogP contribution in [0.4, 0.5) is 20.6 Å². The minimum absolute atomic E-state index is 0.197. The van der Waals surface area contributed by atoms with Crippen LogP contribution in [0.5, 0.6) is 0 Å². The average molecular weight is 375 g/mol. The molecule has 3 fully saturated rings. The molecule has 1 saturated carbocycles. The number of benzene rings is 1. The zero-order valence-electron chi connectivity index (χ0n) is 15.1. The van der Waals surface area contributed by atoms with Crippen LogP contribution in [-0.2, 0) is 14.3 Å². The van der Waals surface area contributed by atoms with Gasteiger partial charge in [0.15, 0.2) is 0 Å². The molecule has 7 nitrogen and oxygen atoms in total. The van der Waals surface area contributed by atoms with E-state index in [9.17, 15) is 18.8 Å². The minimum Gasteiger partial charge on any atom is -0.442 e. The number of carbonyl (C=O) groups is 3. The molecular formula is C19H22FN3O4. The third kappa shape index (κ3) is 3.48. The van der Waals surface area contributed by atoms with E-state index < -0.39 is 18.0 Å². The van der Waals surface area contributed by atoms with Crippen LogP contribution in [-0.4, -0.2) is 50.1 Å². The van der Waals surface area contributed by atoms with Crippen LogP contribution in [0.2, 0.25) is 0 Å². The zero-order chi connectivity index (χ0) is 19.1. The van der Waals surface area contributed by atoms with Crippen molar-refractivity contribution in [3.05, 3.63) is 24.0 Å². The number of amides is 2. The van der Waals surface area contributed by atoms with E-state index in [2.05, 4.69) is 5.32 Å². The van der Waals surface area contributed by atoms with Crippen molar-refractivity contribution in [3.63, 3.8) is 0 Å². The highest BCUT2D eigenvalue weighted by atomic mass is 19.1. The molecular weight excluding hydrogens is 353 g/mol. The van der Waals surface area contributed by atoms with Crippen LogP contribution >= 0.6 is 0 Å². The standard InChI is InChI=1S/C19H22FN3O4/c1-11(24)21-7-16-10-23(19(26)27-16)14-2-3-18(17(20)6-14)22-8-12-4-15(25)5-13(12)9-22/h2-3,6,12-13,16H,4-5,7-10H2,1H3,(H,21,24)/t12?,13?,16-/m0/s1. The topological polar surface area (TPSA) is 79.0 Å². The smallest absolute Gasteiger partial charge is 0.414 e. The van der Waals surface area contributed by atoms with Gasteiger partial charge < -0.3 is 15.0 Å². The van der Waals surface area contributed by atoms with Crippen LogP contribution in [0.1, 0.15) is 19.8 Å². The predicted molar refractivity (Wildman–Crippen MR) is 96.1 cm³/mol. The highest BCUT2D eigenvalue weighted by Crippen LogP contribution is 2.39. The van der Waals surface area contributed by atoms with Crippen LogP contribution in [0.15, 0.2) is 18.2 Å². The number of hydrogen-bond acceptors (Lipinski definition) is 5. The molecule has 1 N–H and O–H groups in total. The Bertz CT molecular complexity index is 783. The molecule has 4 rings (SSSR count). The normalized spacial score (nSPS) is 27.1. The first kappa shape index (κ1) is 17.8. The van der Waals surface area contributed by atoms with Crippen molar-refractivity contribution in [2.24, 2.45) is 11.8 Å². The maximum Gasteiger partial charge on any atom is 0.414 e. The van der Waals surface area contributed by atoms with E-state index in [1.807, 2.05) is 4.90 Å². The van der Waals surface area contributed by atoms with Crippen molar-refractivity contribution in [1.82, 2.24) is 5.32 Å². The first-order chi connectivity index (χ1) is 12.9. The van der Waals surface area contributed by atoms with Gasteiger partial charge in [0, 0.05) is 32.9 Å². The van der Waals surface area contributed by atoms with E-state index in [1.54, 1.807) is 12.1 Å². The lowest BCUT2D eigenvalue weighted by Crippen LogP contribution is -2.33. The van der Waals surface area contributed by atoms with Gasteiger partial charge in [-0.2, -0.15) is 0 Å². The molecule has 1 aromatic rings. The van der Waals surface area contributed by atoms with Gasteiger partial charge in [0.2, 0.25) is 5.91 Å². The highest BCUT2D eigenvalue weighted by Gasteiger charge is 2.41. The van der Waals surface area contributed by atoms with Gasteiger partial charge in [0.25, 0.3) is 0 Å². The third-order valence-corrected chi connectivity index (χ3v) is 5.59. The fourth-order valence-electron chi connectivity index (χ4n) is 4.28. The van der Waals surface area contributed by atoms with Gasteiger partial charge in [-0.1, -0.05) is 0 Å². The number of nitrogens with zero attached hydrogens (tertiary/aromatic N) is 2. The van der Waals surface area contributed by atoms with Gasteiger partial charge in [-0.15, -0.1) is 0 Å². The fourth-order valence-corrected chi connectivity index (χ4v) is 4.28. The molecule has 3 aliphatic rings. The summed E-state index contributed by atoms with van der Waals surface area (Å²) in [7, 11) is 0. The summed E-state index contributed by atoms with van der Waals surface area (Å²) in [5.74, 6) is 0.357. The molecule has 2 heterocycles. The van der Waals surface area contributed by atoms with Crippen LogP contribution in [0, 0.1) is 17.7 Å². The van der Waals surface area contributed by atoms with Crippen molar-refractivity contribution in [2.45, 2.75) is 25.9 Å². The number of anilines is 2. The Morgan fingerprint density at radius 2 is 1.93 bits per heavy atom. The third-order valence-electron chi connectivity index (χ3n) is 5.59. The molecule has 1 aliphatic carbocycles. The number of halogens is 1. The highest BCUT2D eigenvalue weighted by molar-refractivity contribution is 5.90. The van der Waals surface area contributed by atoms with E-state index in [0.717, 1.165) is 0 Å².